The monoisotopic (exact) mass is 658 g/mol. The predicted molar refractivity (Wildman–Crippen MR) is 179 cm³/mol. The molecule has 0 bridgehead atoms. The number of benzene rings is 4. The van der Waals surface area contributed by atoms with Crippen LogP contribution in [0.3, 0.4) is 0 Å². The van der Waals surface area contributed by atoms with Crippen molar-refractivity contribution in [3.63, 3.8) is 0 Å². The molecule has 0 unspecified atom stereocenters. The Bertz CT molecular complexity index is 2670. The van der Waals surface area contributed by atoms with E-state index in [0.29, 0.717) is 51.7 Å². The number of hydrogen-bond donors (Lipinski definition) is 4. The maximum Gasteiger partial charge on any atom is 0.269 e. The summed E-state index contributed by atoms with van der Waals surface area (Å²) in [5.74, 6) is -0.876. The Morgan fingerprint density at radius 3 is 1.79 bits per heavy atom. The van der Waals surface area contributed by atoms with Crippen molar-refractivity contribution >= 4 is 65.3 Å². The fourth-order valence-corrected chi connectivity index (χ4v) is 6.70. The van der Waals surface area contributed by atoms with Crippen molar-refractivity contribution in [3.8, 4) is 11.4 Å². The van der Waals surface area contributed by atoms with Gasteiger partial charge in [-0.25, -0.2) is 8.42 Å². The summed E-state index contributed by atoms with van der Waals surface area (Å²) in [6.07, 6.45) is 5.01. The zero-order valence-corrected chi connectivity index (χ0v) is 26.1. The molecule has 238 valence electrons. The molecule has 0 saturated heterocycles. The highest BCUT2D eigenvalue weighted by atomic mass is 32.2. The lowest BCUT2D eigenvalue weighted by Gasteiger charge is -2.08. The largest absolute Gasteiger partial charge is 0.364 e. The fourth-order valence-electron chi connectivity index (χ4n) is 6.07. The molecule has 4 aromatic heterocycles. The van der Waals surface area contributed by atoms with Crippen LogP contribution in [0.25, 0.3) is 55.0 Å². The summed E-state index contributed by atoms with van der Waals surface area (Å²) in [4.78, 5) is 25.9. The molecule has 0 spiro atoms. The van der Waals surface area contributed by atoms with Gasteiger partial charge in [0.1, 0.15) is 11.4 Å². The molecule has 15 heteroatoms. The van der Waals surface area contributed by atoms with E-state index in [9.17, 15) is 18.0 Å². The Morgan fingerprint density at radius 1 is 0.729 bits per heavy atom. The van der Waals surface area contributed by atoms with Gasteiger partial charge in [-0.1, -0.05) is 12.1 Å². The molecule has 2 amide bonds. The van der Waals surface area contributed by atoms with Crippen LogP contribution >= 0.6 is 0 Å². The highest BCUT2D eigenvalue weighted by molar-refractivity contribution is 7.90. The fraction of sp³-hybridized carbons (Fsp3) is 0.0909. The number of carbonyl (C=O) groups excluding carboxylic acids is 2. The smallest absolute Gasteiger partial charge is 0.269 e. The number of aromatic amines is 2. The number of rotatable bonds is 8. The molecule has 4 aromatic carbocycles. The molecule has 48 heavy (non-hydrogen) atoms. The van der Waals surface area contributed by atoms with E-state index in [1.54, 1.807) is 46.0 Å². The summed E-state index contributed by atoms with van der Waals surface area (Å²) < 4.78 is 27.5. The van der Waals surface area contributed by atoms with Crippen LogP contribution in [0.5, 0.6) is 0 Å². The second-order valence-electron chi connectivity index (χ2n) is 11.4. The molecule has 8 aromatic rings. The molecular formula is C33H26N10O4S. The Kier molecular flexibility index (Phi) is 6.59. The van der Waals surface area contributed by atoms with E-state index >= 15 is 0 Å². The lowest BCUT2D eigenvalue weighted by Crippen LogP contribution is -2.26. The van der Waals surface area contributed by atoms with Gasteiger partial charge in [0.25, 0.3) is 11.8 Å². The van der Waals surface area contributed by atoms with Gasteiger partial charge in [-0.3, -0.25) is 29.2 Å². The van der Waals surface area contributed by atoms with Gasteiger partial charge < -0.3 is 11.1 Å². The molecule has 5 N–H and O–H groups in total. The average molecular weight is 659 g/mol. The topological polar surface area (TPSA) is 199 Å². The van der Waals surface area contributed by atoms with Crippen molar-refractivity contribution < 1.29 is 18.0 Å². The molecule has 8 rings (SSSR count). The third-order valence-electron chi connectivity index (χ3n) is 8.42. The number of nitrogens with one attached hydrogen (secondary N) is 3. The Balaban J connectivity index is 1.05. The number of hydrogen-bond acceptors (Lipinski definition) is 8. The molecule has 0 atom stereocenters. The molecular weight excluding hydrogens is 632 g/mol. The van der Waals surface area contributed by atoms with Crippen molar-refractivity contribution in [1.82, 2.24) is 45.3 Å². The third kappa shape index (κ3) is 4.75. The normalized spacial score (nSPS) is 12.0. The van der Waals surface area contributed by atoms with Crippen molar-refractivity contribution in [2.45, 2.75) is 11.3 Å². The molecule has 0 fully saturated rings. The Labute approximate surface area is 271 Å². The number of amides is 2. The first-order valence-corrected chi connectivity index (χ1v) is 16.7. The van der Waals surface area contributed by atoms with Crippen LogP contribution in [-0.2, 0) is 16.3 Å². The average Bonchev–Trinajstić information content (AvgIpc) is 3.88. The van der Waals surface area contributed by atoms with Crippen molar-refractivity contribution in [2.24, 2.45) is 5.73 Å². The predicted octanol–water partition coefficient (Wildman–Crippen LogP) is 3.59. The van der Waals surface area contributed by atoms with Crippen LogP contribution in [0, 0.1) is 0 Å². The molecule has 0 aliphatic rings. The van der Waals surface area contributed by atoms with Crippen molar-refractivity contribution in [2.75, 3.05) is 12.8 Å². The summed E-state index contributed by atoms with van der Waals surface area (Å²) >= 11 is 0. The van der Waals surface area contributed by atoms with E-state index in [1.807, 2.05) is 36.4 Å². The van der Waals surface area contributed by atoms with E-state index in [4.69, 9.17) is 5.73 Å². The number of nitrogens with two attached hydrogens (primary N) is 1. The van der Waals surface area contributed by atoms with E-state index in [2.05, 4.69) is 35.9 Å². The lowest BCUT2D eigenvalue weighted by molar-refractivity contribution is 0.0949. The van der Waals surface area contributed by atoms with Crippen molar-refractivity contribution in [3.05, 3.63) is 102 Å². The summed E-state index contributed by atoms with van der Waals surface area (Å²) in [5, 5.41) is 28.6. The molecule has 0 aliphatic carbocycles. The van der Waals surface area contributed by atoms with Crippen LogP contribution in [0.2, 0.25) is 0 Å². The first-order valence-electron chi connectivity index (χ1n) is 14.8. The molecule has 14 nitrogen and oxygen atoms in total. The first kappa shape index (κ1) is 29.1. The van der Waals surface area contributed by atoms with Crippen LogP contribution < -0.4 is 11.1 Å². The van der Waals surface area contributed by atoms with Gasteiger partial charge in [0.2, 0.25) is 0 Å². The van der Waals surface area contributed by atoms with E-state index < -0.39 is 15.7 Å². The Morgan fingerprint density at radius 2 is 1.25 bits per heavy atom. The second kappa shape index (κ2) is 10.9. The standard InChI is InChI=1S/C33H26N10O4S/c1-48(46,47)21-8-6-20(7-9-21)43-31-23(11-13-27-25(31)17-37-39-27)29(41-43)33(45)35-15-14-18-2-4-19(5-3-18)42-30-22(28(40-42)32(34)44)10-12-26-24(30)16-36-38-26/h2-13,16-17,40-41H,14-15H2,1H3,(H2,34,44)(H,35,45). The number of sulfone groups is 1. The lowest BCUT2D eigenvalue weighted by atomic mass is 10.1. The van der Waals surface area contributed by atoms with E-state index in [1.165, 1.54) is 12.1 Å². The summed E-state index contributed by atoms with van der Waals surface area (Å²) in [5.41, 5.74) is 11.5. The minimum atomic E-state index is -3.37. The van der Waals surface area contributed by atoms with Gasteiger partial charge in [-0.2, -0.15) is 20.4 Å². The highest BCUT2D eigenvalue weighted by Crippen LogP contribution is 2.31. The van der Waals surface area contributed by atoms with Crippen LogP contribution in [0.1, 0.15) is 26.5 Å². The van der Waals surface area contributed by atoms with Gasteiger partial charge in [-0.15, -0.1) is 0 Å². The maximum absolute atomic E-state index is 13.5. The third-order valence-corrected chi connectivity index (χ3v) is 9.54. The van der Waals surface area contributed by atoms with Gasteiger partial charge >= 0.3 is 0 Å². The molecule has 4 heterocycles. The van der Waals surface area contributed by atoms with Gasteiger partial charge in [0, 0.05) is 34.3 Å². The number of carbonyl (C=O) groups is 2. The molecule has 0 aliphatic heterocycles. The number of fused-ring (bicyclic) bond motifs is 6. The van der Waals surface area contributed by atoms with Gasteiger partial charge in [0.15, 0.2) is 9.84 Å². The minimum absolute atomic E-state index is 0.194. The van der Waals surface area contributed by atoms with Crippen molar-refractivity contribution in [1.29, 1.82) is 0 Å². The van der Waals surface area contributed by atoms with Crippen LogP contribution in [0.15, 0.2) is 90.1 Å². The number of nitrogens with zero attached hydrogens (tertiary/aromatic N) is 6. The van der Waals surface area contributed by atoms with Gasteiger partial charge in [0.05, 0.1) is 50.7 Å². The first-order chi connectivity index (χ1) is 23.2. The Hall–Kier alpha value is -6.35. The molecule has 0 saturated carbocycles. The summed E-state index contributed by atoms with van der Waals surface area (Å²) in [6, 6.07) is 21.4. The summed E-state index contributed by atoms with van der Waals surface area (Å²) in [7, 11) is -3.37. The van der Waals surface area contributed by atoms with Gasteiger partial charge in [-0.05, 0) is 72.6 Å². The molecule has 0 radical (unpaired) electrons. The number of H-pyrrole nitrogens is 2. The minimum Gasteiger partial charge on any atom is -0.364 e. The zero-order chi connectivity index (χ0) is 33.2. The SMILES string of the molecule is CS(=O)(=O)c1ccc(-n2[nH]c(C(=O)NCCc3ccc(-n4[nH]c(C(N)=O)c5ccc6nncc6c54)cc3)c3ccc4nncc4c32)cc1. The quantitative estimate of drug-likeness (QED) is 0.190. The highest BCUT2D eigenvalue weighted by Gasteiger charge is 2.21. The second-order valence-corrected chi connectivity index (χ2v) is 13.4. The van der Waals surface area contributed by atoms with Crippen LogP contribution in [-0.4, -0.2) is 73.0 Å². The van der Waals surface area contributed by atoms with Crippen LogP contribution in [0.4, 0.5) is 0 Å². The zero-order valence-electron chi connectivity index (χ0n) is 25.3. The number of primary amides is 1. The van der Waals surface area contributed by atoms with E-state index in [0.717, 1.165) is 33.8 Å². The van der Waals surface area contributed by atoms with E-state index in [-0.39, 0.29) is 16.5 Å². The number of aromatic nitrogens is 8. The maximum atomic E-state index is 13.5. The summed E-state index contributed by atoms with van der Waals surface area (Å²) in [6.45, 7) is 0.360.